The third kappa shape index (κ3) is 6.76. The largest absolute Gasteiger partial charge is 0.351 e. The Kier molecular flexibility index (Phi) is 8.23. The highest BCUT2D eigenvalue weighted by atomic mass is 35.5. The van der Waals surface area contributed by atoms with Crippen LogP contribution < -0.4 is 10.0 Å². The molecule has 3 rings (SSSR count). The van der Waals surface area contributed by atoms with Crippen LogP contribution in [-0.4, -0.2) is 26.6 Å². The molecule has 3 aromatic rings. The summed E-state index contributed by atoms with van der Waals surface area (Å²) in [6.07, 6.45) is 0. The van der Waals surface area contributed by atoms with E-state index in [-0.39, 0.29) is 21.4 Å². The number of amides is 1. The summed E-state index contributed by atoms with van der Waals surface area (Å²) in [5.74, 6) is 1.27. The van der Waals surface area contributed by atoms with Gasteiger partial charge in [0.25, 0.3) is 15.9 Å². The number of carbonyl (C=O) groups is 1. The van der Waals surface area contributed by atoms with Crippen molar-refractivity contribution in [2.24, 2.45) is 0 Å². The first-order valence-corrected chi connectivity index (χ1v) is 13.1. The molecule has 0 aliphatic rings. The minimum atomic E-state index is -3.96. The highest BCUT2D eigenvalue weighted by Crippen LogP contribution is 2.26. The van der Waals surface area contributed by atoms with Gasteiger partial charge >= 0.3 is 0 Å². The van der Waals surface area contributed by atoms with Crippen LogP contribution in [0.25, 0.3) is 0 Å². The van der Waals surface area contributed by atoms with E-state index in [1.165, 1.54) is 23.8 Å². The molecule has 0 unspecified atom stereocenters. The molecule has 0 saturated heterocycles. The molecule has 0 atom stereocenters. The Bertz CT molecular complexity index is 1180. The van der Waals surface area contributed by atoms with Crippen molar-refractivity contribution >= 4 is 45.0 Å². The van der Waals surface area contributed by atoms with Crippen molar-refractivity contribution in [3.63, 3.8) is 0 Å². The third-order valence-corrected chi connectivity index (χ3v) is 7.49. The van der Waals surface area contributed by atoms with Gasteiger partial charge in [-0.1, -0.05) is 48.0 Å². The number of sulfonamides is 1. The van der Waals surface area contributed by atoms with Gasteiger partial charge in [-0.15, -0.1) is 0 Å². The van der Waals surface area contributed by atoms with Crippen LogP contribution in [0.1, 0.15) is 27.0 Å². The zero-order valence-electron chi connectivity index (χ0n) is 17.9. The van der Waals surface area contributed by atoms with Gasteiger partial charge in [0.15, 0.2) is 0 Å². The summed E-state index contributed by atoms with van der Waals surface area (Å²) >= 11 is 7.88. The van der Waals surface area contributed by atoms with E-state index < -0.39 is 10.0 Å². The summed E-state index contributed by atoms with van der Waals surface area (Å²) in [5, 5.41) is 2.88. The summed E-state index contributed by atoms with van der Waals surface area (Å²) in [5.41, 5.74) is 3.79. The molecular formula is C24H25ClN2O3S2. The fourth-order valence-electron chi connectivity index (χ4n) is 3.20. The van der Waals surface area contributed by atoms with E-state index in [9.17, 15) is 13.2 Å². The number of carbonyl (C=O) groups excluding carboxylic acids is 1. The second-order valence-corrected chi connectivity index (χ2v) is 10.6. The van der Waals surface area contributed by atoms with Crippen LogP contribution in [0.5, 0.6) is 0 Å². The fraction of sp³-hybridized carbons (Fsp3) is 0.208. The Labute approximate surface area is 198 Å². The molecule has 0 fully saturated rings. The van der Waals surface area contributed by atoms with E-state index in [2.05, 4.69) is 22.2 Å². The van der Waals surface area contributed by atoms with Crippen molar-refractivity contribution in [2.75, 3.05) is 17.0 Å². The summed E-state index contributed by atoms with van der Waals surface area (Å²) < 4.78 is 28.4. The van der Waals surface area contributed by atoms with E-state index in [0.29, 0.717) is 12.2 Å². The van der Waals surface area contributed by atoms with Gasteiger partial charge in [-0.2, -0.15) is 11.8 Å². The number of anilines is 1. The first-order valence-electron chi connectivity index (χ1n) is 10.0. The van der Waals surface area contributed by atoms with Crippen molar-refractivity contribution in [3.05, 3.63) is 94.0 Å². The fourth-order valence-corrected chi connectivity index (χ4v) is 5.58. The zero-order chi connectivity index (χ0) is 23.1. The maximum absolute atomic E-state index is 12.9. The zero-order valence-corrected chi connectivity index (χ0v) is 20.3. The molecular weight excluding hydrogens is 464 g/mol. The predicted molar refractivity (Wildman–Crippen MR) is 133 cm³/mol. The molecule has 0 saturated carbocycles. The number of hydrogen-bond donors (Lipinski definition) is 2. The van der Waals surface area contributed by atoms with Crippen LogP contribution in [-0.2, 0) is 15.8 Å². The monoisotopic (exact) mass is 488 g/mol. The topological polar surface area (TPSA) is 75.3 Å². The second kappa shape index (κ2) is 10.9. The lowest BCUT2D eigenvalue weighted by atomic mass is 10.1. The molecule has 5 nitrogen and oxygen atoms in total. The quantitative estimate of drug-likeness (QED) is 0.394. The summed E-state index contributed by atoms with van der Waals surface area (Å²) in [4.78, 5) is 12.4. The summed E-state index contributed by atoms with van der Waals surface area (Å²) in [6, 6.07) is 19.8. The van der Waals surface area contributed by atoms with Crippen molar-refractivity contribution < 1.29 is 13.2 Å². The summed E-state index contributed by atoms with van der Waals surface area (Å²) in [7, 11) is -3.96. The average Bonchev–Trinajstić information content (AvgIpc) is 2.73. The number of hydrogen-bond acceptors (Lipinski definition) is 4. The third-order valence-electron chi connectivity index (χ3n) is 4.60. The van der Waals surface area contributed by atoms with Crippen molar-refractivity contribution in [1.29, 1.82) is 0 Å². The van der Waals surface area contributed by atoms with Gasteiger partial charge in [-0.25, -0.2) is 8.42 Å². The van der Waals surface area contributed by atoms with Crippen LogP contribution >= 0.6 is 23.4 Å². The molecule has 0 spiro atoms. The van der Waals surface area contributed by atoms with Crippen LogP contribution in [0.4, 0.5) is 5.69 Å². The molecule has 0 bridgehead atoms. The Morgan fingerprint density at radius 1 is 0.969 bits per heavy atom. The number of nitrogens with one attached hydrogen (secondary N) is 2. The number of rotatable bonds is 9. The van der Waals surface area contributed by atoms with E-state index >= 15 is 0 Å². The minimum absolute atomic E-state index is 0.0526. The Morgan fingerprint density at radius 2 is 1.66 bits per heavy atom. The van der Waals surface area contributed by atoms with Crippen LogP contribution in [0, 0.1) is 13.8 Å². The Hall–Kier alpha value is -2.48. The first-order chi connectivity index (χ1) is 15.2. The molecule has 0 aliphatic heterocycles. The maximum atomic E-state index is 12.9. The second-order valence-electron chi connectivity index (χ2n) is 7.42. The van der Waals surface area contributed by atoms with Gasteiger partial charge in [0, 0.05) is 29.3 Å². The van der Waals surface area contributed by atoms with Gasteiger partial charge in [-0.3, -0.25) is 9.52 Å². The smallest absolute Gasteiger partial charge is 0.263 e. The van der Waals surface area contributed by atoms with E-state index in [0.717, 1.165) is 22.6 Å². The lowest BCUT2D eigenvalue weighted by Crippen LogP contribution is -2.26. The van der Waals surface area contributed by atoms with Crippen LogP contribution in [0.2, 0.25) is 5.02 Å². The molecule has 32 heavy (non-hydrogen) atoms. The minimum Gasteiger partial charge on any atom is -0.351 e. The number of thioether (sulfide) groups is 1. The number of aryl methyl sites for hydroxylation is 2. The van der Waals surface area contributed by atoms with E-state index in [1.54, 1.807) is 23.9 Å². The lowest BCUT2D eigenvalue weighted by molar-refractivity contribution is 0.0956. The van der Waals surface area contributed by atoms with E-state index in [4.69, 9.17) is 11.6 Å². The van der Waals surface area contributed by atoms with Crippen molar-refractivity contribution in [1.82, 2.24) is 5.32 Å². The van der Waals surface area contributed by atoms with Crippen molar-refractivity contribution in [2.45, 2.75) is 24.5 Å². The molecule has 3 aromatic carbocycles. The lowest BCUT2D eigenvalue weighted by Gasteiger charge is -2.12. The Morgan fingerprint density at radius 3 is 2.34 bits per heavy atom. The molecule has 0 aliphatic carbocycles. The molecule has 1 amide bonds. The standard InChI is InChI=1S/C24H25ClN2O3S2/c1-17-12-18(2)14-21(13-17)27-32(29,30)23-15-20(8-9-22(23)25)24(28)26-10-11-31-16-19-6-4-3-5-7-19/h3-9,12-15,27H,10-11,16H2,1-2H3,(H,26,28). The summed E-state index contributed by atoms with van der Waals surface area (Å²) in [6.45, 7) is 4.25. The SMILES string of the molecule is Cc1cc(C)cc(NS(=O)(=O)c2cc(C(=O)NCCSCc3ccccc3)ccc2Cl)c1. The van der Waals surface area contributed by atoms with Crippen molar-refractivity contribution in [3.8, 4) is 0 Å². The van der Waals surface area contributed by atoms with Crippen LogP contribution in [0.15, 0.2) is 71.6 Å². The molecule has 2 N–H and O–H groups in total. The van der Waals surface area contributed by atoms with Gasteiger partial charge < -0.3 is 5.32 Å². The Balaban J connectivity index is 1.63. The molecule has 8 heteroatoms. The molecule has 0 heterocycles. The van der Waals surface area contributed by atoms with Gasteiger partial charge in [0.2, 0.25) is 0 Å². The van der Waals surface area contributed by atoms with Gasteiger partial charge in [0.05, 0.1) is 5.02 Å². The molecule has 0 aromatic heterocycles. The molecule has 168 valence electrons. The predicted octanol–water partition coefficient (Wildman–Crippen LogP) is 5.42. The molecule has 0 radical (unpaired) electrons. The van der Waals surface area contributed by atoms with E-state index in [1.807, 2.05) is 38.1 Å². The van der Waals surface area contributed by atoms with Crippen LogP contribution in [0.3, 0.4) is 0 Å². The maximum Gasteiger partial charge on any atom is 0.263 e. The first kappa shape index (κ1) is 24.2. The number of benzene rings is 3. The van der Waals surface area contributed by atoms with Gasteiger partial charge in [0.1, 0.15) is 4.90 Å². The normalized spacial score (nSPS) is 11.2. The van der Waals surface area contributed by atoms with Gasteiger partial charge in [-0.05, 0) is 60.9 Å². The number of halogens is 1. The highest BCUT2D eigenvalue weighted by Gasteiger charge is 2.20. The highest BCUT2D eigenvalue weighted by molar-refractivity contribution is 7.98. The average molecular weight is 489 g/mol.